The van der Waals surface area contributed by atoms with Crippen LogP contribution in [0.5, 0.6) is 0 Å². The zero-order valence-electron chi connectivity index (χ0n) is 10.8. The normalized spacial score (nSPS) is 23.4. The number of thiophene rings is 1. The quantitative estimate of drug-likeness (QED) is 0.902. The molecule has 0 spiro atoms. The van der Waals surface area contributed by atoms with Crippen LogP contribution in [0.4, 0.5) is 0 Å². The highest BCUT2D eigenvalue weighted by atomic mass is 79.9. The Balaban J connectivity index is 2.13. The van der Waals surface area contributed by atoms with Crippen LogP contribution in [0.15, 0.2) is 14.1 Å². The highest BCUT2D eigenvalue weighted by molar-refractivity contribution is 9.11. The van der Waals surface area contributed by atoms with Crippen LogP contribution in [0, 0.1) is 12.3 Å². The lowest BCUT2D eigenvalue weighted by molar-refractivity contribution is 0.372. The molecule has 0 bridgehead atoms. The van der Waals surface area contributed by atoms with Gasteiger partial charge in [0.15, 0.2) is 0 Å². The van der Waals surface area contributed by atoms with Crippen LogP contribution in [-0.4, -0.2) is 14.5 Å². The van der Waals surface area contributed by atoms with Crippen molar-refractivity contribution in [1.29, 1.82) is 0 Å². The molecule has 1 fully saturated rings. The van der Waals surface area contributed by atoms with E-state index >= 15 is 0 Å². The van der Waals surface area contributed by atoms with Crippen molar-refractivity contribution in [3.8, 4) is 0 Å². The minimum atomic E-state index is -3.36. The Morgan fingerprint density at radius 3 is 2.61 bits per heavy atom. The molecule has 1 aliphatic carbocycles. The minimum absolute atomic E-state index is 0.0752. The first-order valence-electron chi connectivity index (χ1n) is 5.98. The molecule has 0 aromatic carbocycles. The Labute approximate surface area is 121 Å². The number of hydrogen-bond acceptors (Lipinski definition) is 3. The highest BCUT2D eigenvalue weighted by Gasteiger charge is 2.33. The number of aryl methyl sites for hydroxylation is 1. The number of halogens is 1. The van der Waals surface area contributed by atoms with Crippen molar-refractivity contribution in [3.05, 3.63) is 15.4 Å². The molecular weight excluding hydrogens is 334 g/mol. The van der Waals surface area contributed by atoms with E-state index in [-0.39, 0.29) is 11.5 Å². The van der Waals surface area contributed by atoms with Gasteiger partial charge in [-0.25, -0.2) is 13.1 Å². The van der Waals surface area contributed by atoms with E-state index < -0.39 is 10.0 Å². The number of rotatable bonds is 3. The van der Waals surface area contributed by atoms with E-state index in [1.54, 1.807) is 6.07 Å². The summed E-state index contributed by atoms with van der Waals surface area (Å²) >= 11 is 4.64. The molecule has 1 atom stereocenters. The van der Waals surface area contributed by atoms with Crippen LogP contribution in [0.25, 0.3) is 0 Å². The van der Waals surface area contributed by atoms with E-state index in [9.17, 15) is 8.42 Å². The molecule has 6 heteroatoms. The van der Waals surface area contributed by atoms with Gasteiger partial charge in [-0.2, -0.15) is 0 Å². The van der Waals surface area contributed by atoms with E-state index in [1.807, 2.05) is 6.92 Å². The van der Waals surface area contributed by atoms with E-state index in [0.29, 0.717) is 4.21 Å². The third kappa shape index (κ3) is 3.15. The molecule has 1 saturated carbocycles. The van der Waals surface area contributed by atoms with Crippen molar-refractivity contribution in [2.45, 2.75) is 50.3 Å². The topological polar surface area (TPSA) is 46.2 Å². The van der Waals surface area contributed by atoms with Gasteiger partial charge in [0, 0.05) is 6.04 Å². The molecule has 0 aliphatic heterocycles. The highest BCUT2D eigenvalue weighted by Crippen LogP contribution is 2.38. The number of sulfonamides is 1. The molecule has 2 rings (SSSR count). The average molecular weight is 352 g/mol. The molecular formula is C12H18BrNO2S2. The molecule has 1 heterocycles. The van der Waals surface area contributed by atoms with Gasteiger partial charge in [0.1, 0.15) is 4.21 Å². The van der Waals surface area contributed by atoms with Crippen LogP contribution in [-0.2, 0) is 10.0 Å². The van der Waals surface area contributed by atoms with Crippen LogP contribution in [0.2, 0.25) is 0 Å². The summed E-state index contributed by atoms with van der Waals surface area (Å²) in [5.74, 6) is 0. The van der Waals surface area contributed by atoms with Gasteiger partial charge in [-0.1, -0.05) is 13.8 Å². The third-order valence-corrected chi connectivity index (χ3v) is 7.52. The SMILES string of the molecule is Cc1cc(S(=O)(=O)NC2CCC(C)(C)C2)sc1Br. The van der Waals surface area contributed by atoms with Gasteiger partial charge in [-0.3, -0.25) is 0 Å². The van der Waals surface area contributed by atoms with Crippen molar-refractivity contribution in [2.75, 3.05) is 0 Å². The molecule has 1 aliphatic rings. The predicted molar refractivity (Wildman–Crippen MR) is 78.5 cm³/mol. The predicted octanol–water partition coefficient (Wildman–Crippen LogP) is 3.68. The summed E-state index contributed by atoms with van der Waals surface area (Å²) in [5, 5.41) is 0. The lowest BCUT2D eigenvalue weighted by Crippen LogP contribution is -2.33. The second-order valence-electron chi connectivity index (χ2n) is 5.75. The summed E-state index contributed by atoms with van der Waals surface area (Å²) in [6.07, 6.45) is 2.92. The molecule has 1 N–H and O–H groups in total. The first-order chi connectivity index (χ1) is 8.20. The molecule has 1 unspecified atom stereocenters. The lowest BCUT2D eigenvalue weighted by Gasteiger charge is -2.17. The van der Waals surface area contributed by atoms with Gasteiger partial charge in [-0.15, -0.1) is 11.3 Å². The molecule has 102 valence electrons. The maximum Gasteiger partial charge on any atom is 0.250 e. The molecule has 0 saturated heterocycles. The van der Waals surface area contributed by atoms with Crippen LogP contribution < -0.4 is 4.72 Å². The van der Waals surface area contributed by atoms with Crippen LogP contribution in [0.1, 0.15) is 38.7 Å². The van der Waals surface area contributed by atoms with E-state index in [1.165, 1.54) is 11.3 Å². The minimum Gasteiger partial charge on any atom is -0.207 e. The fraction of sp³-hybridized carbons (Fsp3) is 0.667. The first-order valence-corrected chi connectivity index (χ1v) is 9.07. The van der Waals surface area contributed by atoms with Crippen molar-refractivity contribution in [2.24, 2.45) is 5.41 Å². The fourth-order valence-corrected chi connectivity index (χ4v) is 5.89. The van der Waals surface area contributed by atoms with Crippen molar-refractivity contribution < 1.29 is 8.42 Å². The van der Waals surface area contributed by atoms with Crippen molar-refractivity contribution >= 4 is 37.3 Å². The van der Waals surface area contributed by atoms with E-state index in [4.69, 9.17) is 0 Å². The first kappa shape index (κ1) is 14.5. The molecule has 1 aromatic heterocycles. The maximum atomic E-state index is 12.2. The smallest absolute Gasteiger partial charge is 0.207 e. The largest absolute Gasteiger partial charge is 0.250 e. The average Bonchev–Trinajstić information content (AvgIpc) is 2.71. The lowest BCUT2D eigenvalue weighted by atomic mass is 9.92. The Kier molecular flexibility index (Phi) is 3.94. The standard InChI is InChI=1S/C12H18BrNO2S2/c1-8-6-10(17-11(8)13)18(15,16)14-9-4-5-12(2,3)7-9/h6,9,14H,4-5,7H2,1-3H3. The fourth-order valence-electron chi connectivity index (χ4n) is 2.38. The van der Waals surface area contributed by atoms with E-state index in [2.05, 4.69) is 34.5 Å². The second kappa shape index (κ2) is 4.89. The van der Waals surface area contributed by atoms with Gasteiger partial charge in [0.2, 0.25) is 10.0 Å². The number of nitrogens with one attached hydrogen (secondary N) is 1. The molecule has 3 nitrogen and oxygen atoms in total. The molecule has 18 heavy (non-hydrogen) atoms. The Morgan fingerprint density at radius 1 is 1.50 bits per heavy atom. The summed E-state index contributed by atoms with van der Waals surface area (Å²) < 4.78 is 28.6. The summed E-state index contributed by atoms with van der Waals surface area (Å²) in [6, 6.07) is 1.79. The third-order valence-electron chi connectivity index (χ3n) is 3.39. The van der Waals surface area contributed by atoms with Gasteiger partial charge >= 0.3 is 0 Å². The summed E-state index contributed by atoms with van der Waals surface area (Å²) in [7, 11) is -3.36. The van der Waals surface area contributed by atoms with Gasteiger partial charge in [0.25, 0.3) is 0 Å². The molecule has 0 amide bonds. The van der Waals surface area contributed by atoms with Crippen LogP contribution in [0.3, 0.4) is 0 Å². The summed E-state index contributed by atoms with van der Waals surface area (Å²) in [6.45, 7) is 6.28. The summed E-state index contributed by atoms with van der Waals surface area (Å²) in [4.78, 5) is 0. The Morgan fingerprint density at radius 2 is 2.17 bits per heavy atom. The zero-order chi connectivity index (χ0) is 13.6. The number of hydrogen-bond donors (Lipinski definition) is 1. The van der Waals surface area contributed by atoms with Crippen LogP contribution >= 0.6 is 27.3 Å². The van der Waals surface area contributed by atoms with E-state index in [0.717, 1.165) is 28.6 Å². The monoisotopic (exact) mass is 351 g/mol. The Hall–Kier alpha value is 0.0900. The summed E-state index contributed by atoms with van der Waals surface area (Å²) in [5.41, 5.74) is 1.21. The second-order valence-corrected chi connectivity index (χ2v) is 10.1. The van der Waals surface area contributed by atoms with Crippen molar-refractivity contribution in [1.82, 2.24) is 4.72 Å². The molecule has 1 aromatic rings. The van der Waals surface area contributed by atoms with Gasteiger partial charge < -0.3 is 0 Å². The van der Waals surface area contributed by atoms with Gasteiger partial charge in [-0.05, 0) is 59.2 Å². The Bertz CT molecular complexity index is 529. The zero-order valence-corrected chi connectivity index (χ0v) is 14.0. The van der Waals surface area contributed by atoms with Crippen molar-refractivity contribution in [3.63, 3.8) is 0 Å². The van der Waals surface area contributed by atoms with Gasteiger partial charge in [0.05, 0.1) is 3.79 Å². The molecule has 0 radical (unpaired) electrons. The maximum absolute atomic E-state index is 12.2.